The Labute approximate surface area is 119 Å². The van der Waals surface area contributed by atoms with Gasteiger partial charge in [-0.25, -0.2) is 0 Å². The van der Waals surface area contributed by atoms with E-state index in [1.807, 2.05) is 24.3 Å². The van der Waals surface area contributed by atoms with Crippen LogP contribution in [0.15, 0.2) is 47.3 Å². The number of carbonyl (C=O) groups excluding carboxylic acids is 1. The number of nitrogens with one attached hydrogen (secondary N) is 1. The Bertz CT molecular complexity index is 524. The smallest absolute Gasteiger partial charge is 0.219 e. The molecule has 0 bridgehead atoms. The maximum Gasteiger partial charge on any atom is 0.219 e. The van der Waals surface area contributed by atoms with E-state index >= 15 is 0 Å². The first-order valence-electron chi connectivity index (χ1n) is 6.75. The third-order valence-electron chi connectivity index (χ3n) is 3.34. The molecule has 0 aromatic carbocycles. The Morgan fingerprint density at radius 3 is 2.60 bits per heavy atom. The van der Waals surface area contributed by atoms with Gasteiger partial charge in [0.25, 0.3) is 0 Å². The largest absolute Gasteiger partial charge is 0.488 e. The molecular formula is C16H19NO3. The third-order valence-corrected chi connectivity index (χ3v) is 3.34. The third kappa shape index (κ3) is 3.70. The normalized spacial score (nSPS) is 17.8. The summed E-state index contributed by atoms with van der Waals surface area (Å²) in [6, 6.07) is 0. The first-order valence-corrected chi connectivity index (χ1v) is 6.75. The SMILES string of the molecule is COC(=N)COC1=CC=C(C(=O)C2=CC=CCC2)CC1. The monoisotopic (exact) mass is 273 g/mol. The summed E-state index contributed by atoms with van der Waals surface area (Å²) < 4.78 is 10.2. The van der Waals surface area contributed by atoms with Gasteiger partial charge in [-0.1, -0.05) is 24.3 Å². The molecule has 0 saturated heterocycles. The highest BCUT2D eigenvalue weighted by Crippen LogP contribution is 2.24. The van der Waals surface area contributed by atoms with Crippen molar-refractivity contribution in [2.24, 2.45) is 0 Å². The van der Waals surface area contributed by atoms with E-state index in [2.05, 4.69) is 6.08 Å². The van der Waals surface area contributed by atoms with Crippen molar-refractivity contribution in [3.05, 3.63) is 47.3 Å². The van der Waals surface area contributed by atoms with Crippen molar-refractivity contribution < 1.29 is 14.3 Å². The van der Waals surface area contributed by atoms with Crippen LogP contribution in [0.1, 0.15) is 25.7 Å². The maximum absolute atomic E-state index is 12.3. The second kappa shape index (κ2) is 6.89. The molecule has 2 aliphatic rings. The van der Waals surface area contributed by atoms with Gasteiger partial charge >= 0.3 is 0 Å². The fourth-order valence-corrected chi connectivity index (χ4v) is 2.14. The zero-order valence-electron chi connectivity index (χ0n) is 11.6. The number of hydrogen-bond acceptors (Lipinski definition) is 4. The Morgan fingerprint density at radius 2 is 2.00 bits per heavy atom. The average molecular weight is 273 g/mol. The summed E-state index contributed by atoms with van der Waals surface area (Å²) >= 11 is 0. The molecule has 2 rings (SSSR count). The molecular weight excluding hydrogens is 254 g/mol. The van der Waals surface area contributed by atoms with Crippen molar-refractivity contribution in [2.45, 2.75) is 25.7 Å². The molecule has 0 fully saturated rings. The number of rotatable bonds is 5. The number of allylic oxidation sites excluding steroid dienone is 8. The molecule has 0 aromatic rings. The molecule has 0 aromatic heterocycles. The molecule has 4 heteroatoms. The molecule has 0 heterocycles. The highest BCUT2D eigenvalue weighted by atomic mass is 16.5. The van der Waals surface area contributed by atoms with Gasteiger partial charge in [-0.2, -0.15) is 0 Å². The van der Waals surface area contributed by atoms with E-state index in [-0.39, 0.29) is 18.3 Å². The van der Waals surface area contributed by atoms with E-state index in [1.54, 1.807) is 0 Å². The fraction of sp³-hybridized carbons (Fsp3) is 0.375. The summed E-state index contributed by atoms with van der Waals surface area (Å²) in [6.07, 6.45) is 12.7. The molecule has 0 saturated carbocycles. The molecule has 0 unspecified atom stereocenters. The summed E-state index contributed by atoms with van der Waals surface area (Å²) in [5, 5.41) is 7.34. The zero-order chi connectivity index (χ0) is 14.4. The van der Waals surface area contributed by atoms with Gasteiger partial charge in [0.2, 0.25) is 5.90 Å². The van der Waals surface area contributed by atoms with Gasteiger partial charge in [0, 0.05) is 17.6 Å². The van der Waals surface area contributed by atoms with Crippen LogP contribution in [-0.4, -0.2) is 25.4 Å². The molecule has 2 aliphatic carbocycles. The highest BCUT2D eigenvalue weighted by molar-refractivity contribution is 6.08. The molecule has 0 amide bonds. The van der Waals surface area contributed by atoms with Gasteiger partial charge in [-0.05, 0) is 25.3 Å². The van der Waals surface area contributed by atoms with E-state index in [4.69, 9.17) is 14.9 Å². The summed E-state index contributed by atoms with van der Waals surface area (Å²) in [7, 11) is 1.45. The molecule has 1 N–H and O–H groups in total. The van der Waals surface area contributed by atoms with Crippen molar-refractivity contribution in [2.75, 3.05) is 13.7 Å². The highest BCUT2D eigenvalue weighted by Gasteiger charge is 2.18. The maximum atomic E-state index is 12.3. The molecule has 0 spiro atoms. The number of methoxy groups -OCH3 is 1. The summed E-state index contributed by atoms with van der Waals surface area (Å²) in [4.78, 5) is 12.3. The van der Waals surface area contributed by atoms with Gasteiger partial charge in [0.1, 0.15) is 0 Å². The number of ketones is 1. The number of hydrogen-bond donors (Lipinski definition) is 1. The lowest BCUT2D eigenvalue weighted by molar-refractivity contribution is -0.112. The quantitative estimate of drug-likeness (QED) is 0.618. The fourth-order valence-electron chi connectivity index (χ4n) is 2.14. The van der Waals surface area contributed by atoms with Crippen LogP contribution in [0.4, 0.5) is 0 Å². The van der Waals surface area contributed by atoms with Crippen LogP contribution in [0.3, 0.4) is 0 Å². The predicted molar refractivity (Wildman–Crippen MR) is 77.6 cm³/mol. The van der Waals surface area contributed by atoms with Crippen LogP contribution in [-0.2, 0) is 14.3 Å². The summed E-state index contributed by atoms with van der Waals surface area (Å²) in [5.74, 6) is 1.03. The molecule has 0 aliphatic heterocycles. The van der Waals surface area contributed by atoms with Crippen molar-refractivity contribution >= 4 is 11.7 Å². The Hall–Kier alpha value is -2.10. The zero-order valence-corrected chi connectivity index (χ0v) is 11.6. The van der Waals surface area contributed by atoms with Crippen molar-refractivity contribution in [1.82, 2.24) is 0 Å². The van der Waals surface area contributed by atoms with E-state index in [0.717, 1.165) is 29.7 Å². The molecule has 106 valence electrons. The van der Waals surface area contributed by atoms with Gasteiger partial charge in [-0.3, -0.25) is 10.2 Å². The second-order valence-electron chi connectivity index (χ2n) is 4.73. The van der Waals surface area contributed by atoms with E-state index < -0.39 is 0 Å². The lowest BCUT2D eigenvalue weighted by Gasteiger charge is -2.16. The minimum atomic E-state index is 0.0934. The van der Waals surface area contributed by atoms with Gasteiger partial charge in [-0.15, -0.1) is 0 Å². The minimum Gasteiger partial charge on any atom is -0.488 e. The Morgan fingerprint density at radius 1 is 1.20 bits per heavy atom. The second-order valence-corrected chi connectivity index (χ2v) is 4.73. The number of carbonyl (C=O) groups is 1. The van der Waals surface area contributed by atoms with Gasteiger partial charge < -0.3 is 9.47 Å². The van der Waals surface area contributed by atoms with Crippen molar-refractivity contribution in [3.8, 4) is 0 Å². The topological polar surface area (TPSA) is 59.4 Å². The van der Waals surface area contributed by atoms with Crippen LogP contribution in [0.25, 0.3) is 0 Å². The summed E-state index contributed by atoms with van der Waals surface area (Å²) in [6.45, 7) is 0.134. The van der Waals surface area contributed by atoms with Crippen LogP contribution in [0, 0.1) is 5.41 Å². The molecule has 20 heavy (non-hydrogen) atoms. The molecule has 0 atom stereocenters. The lowest BCUT2D eigenvalue weighted by atomic mass is 9.91. The van der Waals surface area contributed by atoms with E-state index in [1.165, 1.54) is 7.11 Å². The van der Waals surface area contributed by atoms with Crippen molar-refractivity contribution in [1.29, 1.82) is 5.41 Å². The number of ether oxygens (including phenoxy) is 2. The van der Waals surface area contributed by atoms with Gasteiger partial charge in [0.15, 0.2) is 12.4 Å². The van der Waals surface area contributed by atoms with Gasteiger partial charge in [0.05, 0.1) is 12.9 Å². The van der Waals surface area contributed by atoms with Crippen LogP contribution >= 0.6 is 0 Å². The Kier molecular flexibility index (Phi) is 4.93. The van der Waals surface area contributed by atoms with Crippen molar-refractivity contribution in [3.63, 3.8) is 0 Å². The van der Waals surface area contributed by atoms with Crippen LogP contribution in [0.5, 0.6) is 0 Å². The first kappa shape index (κ1) is 14.3. The van der Waals surface area contributed by atoms with Crippen LogP contribution in [0.2, 0.25) is 0 Å². The minimum absolute atomic E-state index is 0.0934. The molecule has 0 radical (unpaired) electrons. The first-order chi connectivity index (χ1) is 9.70. The predicted octanol–water partition coefficient (Wildman–Crippen LogP) is 3.08. The number of Topliss-reactive ketones (excluding diaryl/α,β-unsaturated/α-hetero) is 1. The van der Waals surface area contributed by atoms with E-state index in [0.29, 0.717) is 12.8 Å². The molecule has 4 nitrogen and oxygen atoms in total. The average Bonchev–Trinajstić information content (AvgIpc) is 2.53. The van der Waals surface area contributed by atoms with E-state index in [9.17, 15) is 4.79 Å². The lowest BCUT2D eigenvalue weighted by Crippen LogP contribution is -2.13. The Balaban J connectivity index is 1.95. The summed E-state index contributed by atoms with van der Waals surface area (Å²) in [5.41, 5.74) is 1.72. The van der Waals surface area contributed by atoms with Crippen LogP contribution < -0.4 is 0 Å². The standard InChI is InChI=1S/C16H19NO3/c1-19-15(17)11-20-14-9-7-13(8-10-14)16(18)12-5-3-2-4-6-12/h2-3,5,7,9,17H,4,6,8,10-11H2,1H3.